The van der Waals surface area contributed by atoms with Gasteiger partial charge >= 0.3 is 0 Å². The van der Waals surface area contributed by atoms with Crippen LogP contribution in [0, 0.1) is 13.8 Å². The van der Waals surface area contributed by atoms with Crippen LogP contribution in [-0.2, 0) is 0 Å². The van der Waals surface area contributed by atoms with Crippen LogP contribution in [0.1, 0.15) is 11.1 Å². The molecule has 0 saturated heterocycles. The summed E-state index contributed by atoms with van der Waals surface area (Å²) in [7, 11) is 0. The van der Waals surface area contributed by atoms with E-state index in [1.54, 1.807) is 0 Å². The molecule has 0 radical (unpaired) electrons. The summed E-state index contributed by atoms with van der Waals surface area (Å²) in [6.45, 7) is 4.33. The number of nitrogens with zero attached hydrogens (tertiary/aromatic N) is 2. The molecule has 5 aromatic carbocycles. The van der Waals surface area contributed by atoms with E-state index in [1.807, 2.05) is 0 Å². The zero-order chi connectivity index (χ0) is 22.8. The van der Waals surface area contributed by atoms with Gasteiger partial charge in [-0.15, -0.1) is 0 Å². The number of fused-ring (bicyclic) bond motifs is 6. The maximum Gasteiger partial charge on any atom is 0.0702 e. The van der Waals surface area contributed by atoms with Crippen molar-refractivity contribution in [2.45, 2.75) is 13.8 Å². The minimum Gasteiger partial charge on any atom is -0.307 e. The summed E-state index contributed by atoms with van der Waals surface area (Å²) < 4.78 is 4.85. The quantitative estimate of drug-likeness (QED) is 0.257. The van der Waals surface area contributed by atoms with E-state index in [9.17, 15) is 0 Å². The lowest BCUT2D eigenvalue weighted by Crippen LogP contribution is -2.03. The first kappa shape index (κ1) is 19.2. The lowest BCUT2D eigenvalue weighted by atomic mass is 10.1. The highest BCUT2D eigenvalue weighted by molar-refractivity contribution is 6.11. The van der Waals surface area contributed by atoms with Crippen LogP contribution in [0.15, 0.2) is 109 Å². The zero-order valence-electron chi connectivity index (χ0n) is 19.3. The normalized spacial score (nSPS) is 11.8. The number of hydrogen-bond donors (Lipinski definition) is 0. The lowest BCUT2D eigenvalue weighted by molar-refractivity contribution is 1.09. The molecule has 34 heavy (non-hydrogen) atoms. The van der Waals surface area contributed by atoms with Crippen LogP contribution in [0.4, 0.5) is 0 Å². The number of aryl methyl sites for hydroxylation is 2. The average Bonchev–Trinajstić information content (AvgIpc) is 3.36. The van der Waals surface area contributed by atoms with Gasteiger partial charge in [-0.2, -0.15) is 0 Å². The smallest absolute Gasteiger partial charge is 0.0702 e. The van der Waals surface area contributed by atoms with E-state index in [0.717, 1.165) is 0 Å². The van der Waals surface area contributed by atoms with Crippen LogP contribution in [-0.4, -0.2) is 9.13 Å². The van der Waals surface area contributed by atoms with E-state index in [1.165, 1.54) is 66.1 Å². The van der Waals surface area contributed by atoms with Gasteiger partial charge in [0.25, 0.3) is 0 Å². The zero-order valence-corrected chi connectivity index (χ0v) is 19.3. The fourth-order valence-electron chi connectivity index (χ4n) is 5.53. The molecule has 0 bridgehead atoms. The van der Waals surface area contributed by atoms with Crippen LogP contribution in [0.2, 0.25) is 0 Å². The van der Waals surface area contributed by atoms with Gasteiger partial charge in [-0.3, -0.25) is 0 Å². The SMILES string of the molecule is Cc1ccc2c(c1)c1ccccc1n2-c1ccccc1-n1c2ccccc2c2cc(C)ccc21. The average molecular weight is 437 g/mol. The molecule has 162 valence electrons. The second-order valence-corrected chi connectivity index (χ2v) is 9.24. The molecule has 0 unspecified atom stereocenters. The first-order chi connectivity index (χ1) is 16.7. The van der Waals surface area contributed by atoms with E-state index < -0.39 is 0 Å². The highest BCUT2D eigenvalue weighted by atomic mass is 15.1. The van der Waals surface area contributed by atoms with E-state index in [4.69, 9.17) is 0 Å². The number of para-hydroxylation sites is 4. The van der Waals surface area contributed by atoms with Crippen molar-refractivity contribution in [3.63, 3.8) is 0 Å². The maximum absolute atomic E-state index is 2.42. The Balaban J connectivity index is 1.64. The first-order valence-electron chi connectivity index (χ1n) is 11.8. The highest BCUT2D eigenvalue weighted by Gasteiger charge is 2.18. The number of aromatic nitrogens is 2. The van der Waals surface area contributed by atoms with Crippen LogP contribution in [0.5, 0.6) is 0 Å². The third kappa shape index (κ3) is 2.63. The Morgan fingerprint density at radius 1 is 0.382 bits per heavy atom. The molecule has 0 amide bonds. The topological polar surface area (TPSA) is 9.86 Å². The molecule has 0 spiro atoms. The summed E-state index contributed by atoms with van der Waals surface area (Å²) in [5, 5.41) is 5.16. The van der Waals surface area contributed by atoms with Crippen LogP contribution in [0.25, 0.3) is 55.0 Å². The minimum atomic E-state index is 1.18. The number of hydrogen-bond acceptors (Lipinski definition) is 0. The predicted molar refractivity (Wildman–Crippen MR) is 145 cm³/mol. The molecule has 2 nitrogen and oxygen atoms in total. The Kier molecular flexibility index (Phi) is 4.01. The summed E-state index contributed by atoms with van der Waals surface area (Å²) in [5.41, 5.74) is 9.84. The van der Waals surface area contributed by atoms with Crippen molar-refractivity contribution in [1.29, 1.82) is 0 Å². The molecule has 0 fully saturated rings. The monoisotopic (exact) mass is 436 g/mol. The van der Waals surface area contributed by atoms with Crippen molar-refractivity contribution in [1.82, 2.24) is 9.13 Å². The minimum absolute atomic E-state index is 1.18. The summed E-state index contributed by atoms with van der Waals surface area (Å²) in [4.78, 5) is 0. The van der Waals surface area contributed by atoms with Gasteiger partial charge in [0.05, 0.1) is 33.4 Å². The van der Waals surface area contributed by atoms with Gasteiger partial charge < -0.3 is 9.13 Å². The van der Waals surface area contributed by atoms with Gasteiger partial charge in [0.15, 0.2) is 0 Å². The van der Waals surface area contributed by atoms with Crippen molar-refractivity contribution in [2.24, 2.45) is 0 Å². The van der Waals surface area contributed by atoms with Crippen LogP contribution in [0.3, 0.4) is 0 Å². The summed E-state index contributed by atoms with van der Waals surface area (Å²) in [6, 6.07) is 39.8. The third-order valence-electron chi connectivity index (χ3n) is 7.02. The highest BCUT2D eigenvalue weighted by Crippen LogP contribution is 2.38. The first-order valence-corrected chi connectivity index (χ1v) is 11.8. The summed E-state index contributed by atoms with van der Waals surface area (Å²) in [6.07, 6.45) is 0. The lowest BCUT2D eigenvalue weighted by Gasteiger charge is -2.16. The van der Waals surface area contributed by atoms with Crippen molar-refractivity contribution in [3.8, 4) is 11.4 Å². The van der Waals surface area contributed by atoms with E-state index in [2.05, 4.69) is 132 Å². The molecule has 2 aromatic heterocycles. The Morgan fingerprint density at radius 3 is 1.24 bits per heavy atom. The largest absolute Gasteiger partial charge is 0.307 e. The molecule has 0 aliphatic carbocycles. The van der Waals surface area contributed by atoms with Gasteiger partial charge in [-0.1, -0.05) is 71.8 Å². The molecule has 0 atom stereocenters. The molecule has 0 saturated carbocycles. The van der Waals surface area contributed by atoms with E-state index in [0.29, 0.717) is 0 Å². The van der Waals surface area contributed by atoms with Gasteiger partial charge in [-0.05, 0) is 62.4 Å². The fourth-order valence-corrected chi connectivity index (χ4v) is 5.53. The fraction of sp³-hybridized carbons (Fsp3) is 0.0625. The molecular weight excluding hydrogens is 412 g/mol. The van der Waals surface area contributed by atoms with E-state index >= 15 is 0 Å². The van der Waals surface area contributed by atoms with Gasteiger partial charge in [0.1, 0.15) is 0 Å². The molecule has 7 rings (SSSR count). The van der Waals surface area contributed by atoms with Gasteiger partial charge in [0, 0.05) is 21.5 Å². The molecule has 2 heteroatoms. The van der Waals surface area contributed by atoms with Crippen molar-refractivity contribution in [2.75, 3.05) is 0 Å². The number of rotatable bonds is 2. The number of benzene rings is 5. The standard InChI is InChI=1S/C32H24N2/c1-21-15-17-29-25(19-21)23-9-3-5-11-27(23)33(29)31-13-7-8-14-32(31)34-28-12-6-4-10-24(28)26-20-22(2)16-18-30(26)34/h3-20H,1-2H3. The molecule has 7 aromatic rings. The molecular formula is C32H24N2. The molecule has 0 aliphatic rings. The second-order valence-electron chi connectivity index (χ2n) is 9.24. The van der Waals surface area contributed by atoms with Crippen molar-refractivity contribution in [3.05, 3.63) is 120 Å². The Labute approximate surface area is 198 Å². The van der Waals surface area contributed by atoms with Crippen LogP contribution >= 0.6 is 0 Å². The Bertz CT molecular complexity index is 1740. The Morgan fingerprint density at radius 2 is 0.765 bits per heavy atom. The molecule has 2 heterocycles. The maximum atomic E-state index is 2.42. The molecule has 0 N–H and O–H groups in total. The predicted octanol–water partition coefficient (Wildman–Crippen LogP) is 8.50. The van der Waals surface area contributed by atoms with E-state index in [-0.39, 0.29) is 0 Å². The molecule has 0 aliphatic heterocycles. The Hall–Kier alpha value is -4.30. The second kappa shape index (κ2) is 7.10. The summed E-state index contributed by atoms with van der Waals surface area (Å²) in [5.74, 6) is 0. The van der Waals surface area contributed by atoms with Gasteiger partial charge in [0.2, 0.25) is 0 Å². The van der Waals surface area contributed by atoms with Gasteiger partial charge in [-0.25, -0.2) is 0 Å². The van der Waals surface area contributed by atoms with Crippen molar-refractivity contribution >= 4 is 43.6 Å². The summed E-state index contributed by atoms with van der Waals surface area (Å²) >= 11 is 0. The third-order valence-corrected chi connectivity index (χ3v) is 7.02. The van der Waals surface area contributed by atoms with Crippen LogP contribution < -0.4 is 0 Å². The van der Waals surface area contributed by atoms with Crippen molar-refractivity contribution < 1.29 is 0 Å².